The Morgan fingerprint density at radius 1 is 1.29 bits per heavy atom. The van der Waals surface area contributed by atoms with Crippen LogP contribution in [0.15, 0.2) is 0 Å². The predicted octanol–water partition coefficient (Wildman–Crippen LogP) is 1.99. The van der Waals surface area contributed by atoms with E-state index < -0.39 is 0 Å². The van der Waals surface area contributed by atoms with Gasteiger partial charge in [-0.1, -0.05) is 12.8 Å². The smallest absolute Gasteiger partial charge is 0.317 e. The number of rotatable bonds is 4. The third kappa shape index (κ3) is 4.85. The summed E-state index contributed by atoms with van der Waals surface area (Å²) in [6.45, 7) is 4.33. The highest BCUT2D eigenvalue weighted by Crippen LogP contribution is 2.25. The molecule has 0 aromatic carbocycles. The molecule has 0 bridgehead atoms. The van der Waals surface area contributed by atoms with Crippen LogP contribution in [0.1, 0.15) is 45.4 Å². The fourth-order valence-electron chi connectivity index (χ4n) is 3.47. The van der Waals surface area contributed by atoms with Gasteiger partial charge in [0.25, 0.3) is 0 Å². The van der Waals surface area contributed by atoms with Gasteiger partial charge in [-0.3, -0.25) is 0 Å². The molecule has 0 aromatic rings. The van der Waals surface area contributed by atoms with E-state index in [4.69, 9.17) is 4.74 Å². The van der Waals surface area contributed by atoms with Crippen LogP contribution in [-0.2, 0) is 4.74 Å². The Morgan fingerprint density at radius 3 is 2.62 bits per heavy atom. The van der Waals surface area contributed by atoms with Gasteiger partial charge in [-0.15, -0.1) is 0 Å². The normalized spacial score (nSPS) is 28.9. The van der Waals surface area contributed by atoms with Gasteiger partial charge in [0, 0.05) is 38.8 Å². The number of nitrogens with zero attached hydrogens (tertiary/aromatic N) is 1. The van der Waals surface area contributed by atoms with Crippen LogP contribution in [0.3, 0.4) is 0 Å². The lowest BCUT2D eigenvalue weighted by Gasteiger charge is -2.33. The molecule has 0 spiro atoms. The second-order valence-electron chi connectivity index (χ2n) is 6.68. The predicted molar refractivity (Wildman–Crippen MR) is 82.1 cm³/mol. The first-order valence-electron chi connectivity index (χ1n) is 8.35. The maximum Gasteiger partial charge on any atom is 0.317 e. The molecule has 21 heavy (non-hydrogen) atoms. The van der Waals surface area contributed by atoms with Crippen molar-refractivity contribution in [2.75, 3.05) is 26.8 Å². The van der Waals surface area contributed by atoms with Gasteiger partial charge in [0.1, 0.15) is 0 Å². The van der Waals surface area contributed by atoms with Crippen molar-refractivity contribution >= 4 is 6.03 Å². The number of carbonyl (C=O) groups excluding carboxylic acids is 1. The van der Waals surface area contributed by atoms with E-state index >= 15 is 0 Å². The van der Waals surface area contributed by atoms with E-state index in [9.17, 15) is 9.90 Å². The summed E-state index contributed by atoms with van der Waals surface area (Å²) in [5.74, 6) is 0.740. The van der Waals surface area contributed by atoms with Crippen molar-refractivity contribution in [2.45, 2.75) is 57.6 Å². The van der Waals surface area contributed by atoms with Gasteiger partial charge >= 0.3 is 6.03 Å². The van der Waals surface area contributed by atoms with Gasteiger partial charge in [-0.2, -0.15) is 0 Å². The summed E-state index contributed by atoms with van der Waals surface area (Å²) >= 11 is 0. The van der Waals surface area contributed by atoms with Gasteiger partial charge in [0.05, 0.1) is 6.10 Å². The zero-order valence-corrected chi connectivity index (χ0v) is 13.4. The Labute approximate surface area is 128 Å². The minimum absolute atomic E-state index is 0.0215. The zero-order chi connectivity index (χ0) is 15.2. The fourth-order valence-corrected chi connectivity index (χ4v) is 3.47. The summed E-state index contributed by atoms with van der Waals surface area (Å²) in [5, 5.41) is 13.1. The lowest BCUT2D eigenvalue weighted by molar-refractivity contribution is 0.0510. The van der Waals surface area contributed by atoms with Gasteiger partial charge in [0.2, 0.25) is 0 Å². The van der Waals surface area contributed by atoms with Crippen molar-refractivity contribution < 1.29 is 14.6 Å². The van der Waals surface area contributed by atoms with Crippen LogP contribution in [0, 0.1) is 11.8 Å². The van der Waals surface area contributed by atoms with Crippen LogP contribution in [-0.4, -0.2) is 55.0 Å². The van der Waals surface area contributed by atoms with E-state index in [1.165, 1.54) is 0 Å². The molecule has 5 nitrogen and oxygen atoms in total. The molecule has 2 amide bonds. The average molecular weight is 298 g/mol. The Bertz CT molecular complexity index is 331. The molecule has 0 radical (unpaired) electrons. The molecule has 5 heteroatoms. The number of hydrogen-bond donors (Lipinski definition) is 2. The highest BCUT2D eigenvalue weighted by molar-refractivity contribution is 5.74. The first-order valence-corrected chi connectivity index (χ1v) is 8.35. The molecule has 1 aliphatic heterocycles. The lowest BCUT2D eigenvalue weighted by atomic mass is 9.86. The van der Waals surface area contributed by atoms with Crippen LogP contribution in [0.5, 0.6) is 0 Å². The van der Waals surface area contributed by atoms with E-state index in [-0.39, 0.29) is 24.1 Å². The lowest BCUT2D eigenvalue weighted by Crippen LogP contribution is -2.48. The molecule has 3 atom stereocenters. The van der Waals surface area contributed by atoms with Crippen LogP contribution < -0.4 is 5.32 Å². The molecule has 1 heterocycles. The van der Waals surface area contributed by atoms with E-state index in [1.54, 1.807) is 4.90 Å². The summed E-state index contributed by atoms with van der Waals surface area (Å²) in [6, 6.07) is 0.159. The molecule has 2 fully saturated rings. The van der Waals surface area contributed by atoms with Crippen molar-refractivity contribution in [3.05, 3.63) is 0 Å². The Morgan fingerprint density at radius 2 is 1.95 bits per heavy atom. The maximum absolute atomic E-state index is 12.3. The first kappa shape index (κ1) is 16.6. The number of carbonyl (C=O) groups is 1. The van der Waals surface area contributed by atoms with Crippen LogP contribution in [0.25, 0.3) is 0 Å². The van der Waals surface area contributed by atoms with Crippen molar-refractivity contribution in [1.82, 2.24) is 10.2 Å². The third-order valence-corrected chi connectivity index (χ3v) is 5.05. The van der Waals surface area contributed by atoms with Gasteiger partial charge < -0.3 is 20.1 Å². The largest absolute Gasteiger partial charge is 0.393 e. The van der Waals surface area contributed by atoms with Crippen molar-refractivity contribution in [3.8, 4) is 0 Å². The zero-order valence-electron chi connectivity index (χ0n) is 13.4. The van der Waals surface area contributed by atoms with Gasteiger partial charge in [0.15, 0.2) is 0 Å². The number of urea groups is 1. The Balaban J connectivity index is 1.75. The standard InChI is InChI=1S/C16H30N2O3/c1-12(13-7-9-21-10-8-13)17-16(20)18(2)11-14-5-3-4-6-15(14)19/h12-15,19H,3-11H2,1-2H3,(H,17,20). The summed E-state index contributed by atoms with van der Waals surface area (Å²) in [6.07, 6.45) is 5.96. The molecule has 2 N–H and O–H groups in total. The van der Waals surface area contributed by atoms with Crippen LogP contribution >= 0.6 is 0 Å². The Kier molecular flexibility index (Phi) is 6.30. The number of amides is 2. The molecular formula is C16H30N2O3. The Hall–Kier alpha value is -0.810. The highest BCUT2D eigenvalue weighted by Gasteiger charge is 2.27. The molecule has 2 aliphatic rings. The monoisotopic (exact) mass is 298 g/mol. The number of nitrogens with one attached hydrogen (secondary N) is 1. The maximum atomic E-state index is 12.3. The third-order valence-electron chi connectivity index (χ3n) is 5.05. The molecule has 2 rings (SSSR count). The molecule has 3 unspecified atom stereocenters. The molecule has 0 aromatic heterocycles. The SMILES string of the molecule is CC(NC(=O)N(C)CC1CCCCC1O)C1CCOCC1. The second kappa shape index (κ2) is 7.99. The number of hydrogen-bond acceptors (Lipinski definition) is 3. The van der Waals surface area contributed by atoms with E-state index in [0.717, 1.165) is 51.7 Å². The number of aliphatic hydroxyl groups is 1. The van der Waals surface area contributed by atoms with Crippen molar-refractivity contribution in [2.24, 2.45) is 11.8 Å². The molecule has 1 saturated heterocycles. The molecule has 122 valence electrons. The van der Waals surface area contributed by atoms with E-state index in [1.807, 2.05) is 7.05 Å². The van der Waals surface area contributed by atoms with Gasteiger partial charge in [-0.05, 0) is 38.5 Å². The summed E-state index contributed by atoms with van der Waals surface area (Å²) in [4.78, 5) is 14.0. The van der Waals surface area contributed by atoms with E-state index in [2.05, 4.69) is 12.2 Å². The summed E-state index contributed by atoms with van der Waals surface area (Å²) in [5.41, 5.74) is 0. The molecular weight excluding hydrogens is 268 g/mol. The molecule has 1 aliphatic carbocycles. The van der Waals surface area contributed by atoms with E-state index in [0.29, 0.717) is 12.5 Å². The highest BCUT2D eigenvalue weighted by atomic mass is 16.5. The number of aliphatic hydroxyl groups excluding tert-OH is 1. The molecule has 1 saturated carbocycles. The van der Waals surface area contributed by atoms with Gasteiger partial charge in [-0.25, -0.2) is 4.79 Å². The summed E-state index contributed by atoms with van der Waals surface area (Å²) in [7, 11) is 1.83. The average Bonchev–Trinajstić information content (AvgIpc) is 2.50. The van der Waals surface area contributed by atoms with Crippen LogP contribution in [0.2, 0.25) is 0 Å². The topological polar surface area (TPSA) is 61.8 Å². The van der Waals surface area contributed by atoms with Crippen molar-refractivity contribution in [3.63, 3.8) is 0 Å². The minimum Gasteiger partial charge on any atom is -0.393 e. The summed E-state index contributed by atoms with van der Waals surface area (Å²) < 4.78 is 5.36. The number of ether oxygens (including phenoxy) is 1. The van der Waals surface area contributed by atoms with Crippen molar-refractivity contribution in [1.29, 1.82) is 0 Å². The first-order chi connectivity index (χ1) is 10.1. The minimum atomic E-state index is -0.248. The second-order valence-corrected chi connectivity index (χ2v) is 6.68. The quantitative estimate of drug-likeness (QED) is 0.834. The van der Waals surface area contributed by atoms with Crippen LogP contribution in [0.4, 0.5) is 4.79 Å². The fraction of sp³-hybridized carbons (Fsp3) is 0.938.